The SMILES string of the molecule is COC(=O)c1c(NC(=S)N2CCN(Cc3ccccc3Cl)CC2)sc2c1CCCCC2. The van der Waals surface area contributed by atoms with E-state index in [0.717, 1.165) is 73.1 Å². The number of carbonyl (C=O) groups is 1. The number of halogens is 1. The third-order valence-electron chi connectivity index (χ3n) is 6.04. The van der Waals surface area contributed by atoms with Gasteiger partial charge in [-0.15, -0.1) is 11.3 Å². The van der Waals surface area contributed by atoms with Gasteiger partial charge >= 0.3 is 5.97 Å². The molecule has 1 saturated heterocycles. The number of esters is 1. The van der Waals surface area contributed by atoms with Gasteiger partial charge in [0.1, 0.15) is 5.00 Å². The minimum absolute atomic E-state index is 0.269. The molecule has 166 valence electrons. The van der Waals surface area contributed by atoms with Crippen LogP contribution in [-0.2, 0) is 24.1 Å². The smallest absolute Gasteiger partial charge is 0.341 e. The lowest BCUT2D eigenvalue weighted by atomic mass is 10.1. The fraction of sp³-hybridized carbons (Fsp3) is 0.478. The Balaban J connectivity index is 1.40. The van der Waals surface area contributed by atoms with Crippen LogP contribution in [0.4, 0.5) is 5.00 Å². The van der Waals surface area contributed by atoms with E-state index in [4.69, 9.17) is 28.6 Å². The second-order valence-corrected chi connectivity index (χ2v) is 9.94. The van der Waals surface area contributed by atoms with Crippen LogP contribution in [-0.4, -0.2) is 54.2 Å². The fourth-order valence-electron chi connectivity index (χ4n) is 4.30. The van der Waals surface area contributed by atoms with Crippen molar-refractivity contribution in [3.63, 3.8) is 0 Å². The molecule has 1 N–H and O–H groups in total. The van der Waals surface area contributed by atoms with Gasteiger partial charge in [0.15, 0.2) is 5.11 Å². The highest BCUT2D eigenvalue weighted by atomic mass is 35.5. The van der Waals surface area contributed by atoms with Gasteiger partial charge in [0, 0.05) is 42.6 Å². The van der Waals surface area contributed by atoms with E-state index in [1.165, 1.54) is 24.8 Å². The summed E-state index contributed by atoms with van der Waals surface area (Å²) >= 11 is 13.7. The minimum atomic E-state index is -0.269. The quantitative estimate of drug-likeness (QED) is 0.381. The number of piperazine rings is 1. The highest BCUT2D eigenvalue weighted by molar-refractivity contribution is 7.80. The number of carbonyl (C=O) groups excluding carboxylic acids is 1. The first-order valence-corrected chi connectivity index (χ1v) is 12.4. The lowest BCUT2D eigenvalue weighted by molar-refractivity contribution is 0.0601. The van der Waals surface area contributed by atoms with E-state index >= 15 is 0 Å². The number of rotatable bonds is 4. The standard InChI is InChI=1S/C23H28ClN3O2S2/c1-29-22(28)20-17-8-3-2-4-10-19(17)31-21(20)25-23(30)27-13-11-26(12-14-27)15-16-7-5-6-9-18(16)24/h5-7,9H,2-4,8,10-15H2,1H3,(H,25,30). The summed E-state index contributed by atoms with van der Waals surface area (Å²) in [6.07, 6.45) is 5.46. The summed E-state index contributed by atoms with van der Waals surface area (Å²) in [7, 11) is 1.45. The molecule has 0 radical (unpaired) electrons. The minimum Gasteiger partial charge on any atom is -0.465 e. The van der Waals surface area contributed by atoms with E-state index in [1.807, 2.05) is 18.2 Å². The molecule has 2 aromatic rings. The number of benzene rings is 1. The van der Waals surface area contributed by atoms with Gasteiger partial charge in [0.05, 0.1) is 12.7 Å². The van der Waals surface area contributed by atoms with Crippen molar-refractivity contribution in [2.45, 2.75) is 38.6 Å². The van der Waals surface area contributed by atoms with Crippen LogP contribution >= 0.6 is 35.2 Å². The van der Waals surface area contributed by atoms with Crippen LogP contribution in [0.2, 0.25) is 5.02 Å². The Kier molecular flexibility index (Phi) is 7.48. The summed E-state index contributed by atoms with van der Waals surface area (Å²) < 4.78 is 5.10. The molecular formula is C23H28ClN3O2S2. The van der Waals surface area contributed by atoms with Crippen LogP contribution in [0.15, 0.2) is 24.3 Å². The Labute approximate surface area is 198 Å². The van der Waals surface area contributed by atoms with Gasteiger partial charge in [-0.1, -0.05) is 36.2 Å². The second-order valence-electron chi connectivity index (χ2n) is 8.04. The van der Waals surface area contributed by atoms with Crippen LogP contribution in [0.3, 0.4) is 0 Å². The van der Waals surface area contributed by atoms with Gasteiger partial charge in [0.25, 0.3) is 0 Å². The molecule has 1 aromatic heterocycles. The van der Waals surface area contributed by atoms with E-state index < -0.39 is 0 Å². The number of aryl methyl sites for hydroxylation is 1. The Hall–Kier alpha value is -1.67. The molecule has 8 heteroatoms. The summed E-state index contributed by atoms with van der Waals surface area (Å²) in [6, 6.07) is 8.00. The molecule has 5 nitrogen and oxygen atoms in total. The van der Waals surface area contributed by atoms with Gasteiger partial charge in [-0.05, 0) is 55.1 Å². The Bertz CT molecular complexity index is 954. The Morgan fingerprint density at radius 3 is 2.65 bits per heavy atom. The first-order chi connectivity index (χ1) is 15.1. The number of hydrogen-bond donors (Lipinski definition) is 1. The zero-order valence-corrected chi connectivity index (χ0v) is 20.2. The van der Waals surface area contributed by atoms with Crippen molar-refractivity contribution in [1.29, 1.82) is 0 Å². The lowest BCUT2D eigenvalue weighted by Gasteiger charge is -2.36. The summed E-state index contributed by atoms with van der Waals surface area (Å²) in [5.74, 6) is -0.269. The van der Waals surface area contributed by atoms with Gasteiger partial charge in [-0.2, -0.15) is 0 Å². The second kappa shape index (κ2) is 10.3. The summed E-state index contributed by atoms with van der Waals surface area (Å²) in [5, 5.41) is 5.71. The maximum atomic E-state index is 12.6. The summed E-state index contributed by atoms with van der Waals surface area (Å²) in [5.41, 5.74) is 2.99. The molecule has 2 aliphatic rings. The van der Waals surface area contributed by atoms with Crippen LogP contribution in [0.5, 0.6) is 0 Å². The molecule has 0 atom stereocenters. The zero-order chi connectivity index (χ0) is 21.8. The van der Waals surface area contributed by atoms with Gasteiger partial charge in [0.2, 0.25) is 0 Å². The number of fused-ring (bicyclic) bond motifs is 1. The Morgan fingerprint density at radius 2 is 1.90 bits per heavy atom. The monoisotopic (exact) mass is 477 g/mol. The van der Waals surface area contributed by atoms with E-state index in [1.54, 1.807) is 11.3 Å². The number of nitrogens with zero attached hydrogens (tertiary/aromatic N) is 2. The van der Waals surface area contributed by atoms with Crippen LogP contribution in [0.1, 0.15) is 45.6 Å². The van der Waals surface area contributed by atoms with Crippen molar-refractivity contribution < 1.29 is 9.53 Å². The van der Waals surface area contributed by atoms with Crippen LogP contribution < -0.4 is 5.32 Å². The van der Waals surface area contributed by atoms with Gasteiger partial charge in [-0.25, -0.2) is 4.79 Å². The number of thiophene rings is 1. The normalized spacial score (nSPS) is 17.0. The molecular weight excluding hydrogens is 450 g/mol. The van der Waals surface area contributed by atoms with E-state index in [-0.39, 0.29) is 5.97 Å². The highest BCUT2D eigenvalue weighted by Crippen LogP contribution is 2.38. The van der Waals surface area contributed by atoms with E-state index in [2.05, 4.69) is 21.2 Å². The molecule has 1 aliphatic carbocycles. The number of ether oxygens (including phenoxy) is 1. The molecule has 1 aromatic carbocycles. The van der Waals surface area contributed by atoms with Crippen LogP contribution in [0.25, 0.3) is 0 Å². The summed E-state index contributed by atoms with van der Waals surface area (Å²) in [6.45, 7) is 4.36. The maximum absolute atomic E-state index is 12.6. The number of thiocarbonyl (C=S) groups is 1. The average Bonchev–Trinajstić information content (AvgIpc) is 2.95. The number of methoxy groups -OCH3 is 1. The average molecular weight is 478 g/mol. The zero-order valence-electron chi connectivity index (χ0n) is 17.8. The highest BCUT2D eigenvalue weighted by Gasteiger charge is 2.27. The molecule has 2 heterocycles. The van der Waals surface area contributed by atoms with Crippen molar-refractivity contribution in [3.05, 3.63) is 50.9 Å². The molecule has 1 aliphatic heterocycles. The molecule has 0 bridgehead atoms. The summed E-state index contributed by atoms with van der Waals surface area (Å²) in [4.78, 5) is 18.4. The van der Waals surface area contributed by atoms with Gasteiger partial charge < -0.3 is 15.0 Å². The first kappa shape index (κ1) is 22.5. The van der Waals surface area contributed by atoms with Crippen molar-refractivity contribution in [3.8, 4) is 0 Å². The molecule has 0 amide bonds. The Morgan fingerprint density at radius 1 is 1.16 bits per heavy atom. The lowest BCUT2D eigenvalue weighted by Crippen LogP contribution is -2.49. The van der Waals surface area contributed by atoms with Crippen molar-refractivity contribution in [1.82, 2.24) is 9.80 Å². The predicted molar refractivity (Wildman–Crippen MR) is 131 cm³/mol. The van der Waals surface area contributed by atoms with Gasteiger partial charge in [-0.3, -0.25) is 4.90 Å². The van der Waals surface area contributed by atoms with E-state index in [0.29, 0.717) is 10.7 Å². The van der Waals surface area contributed by atoms with Crippen molar-refractivity contribution >= 4 is 51.2 Å². The maximum Gasteiger partial charge on any atom is 0.341 e. The first-order valence-electron chi connectivity index (χ1n) is 10.8. The van der Waals surface area contributed by atoms with Crippen molar-refractivity contribution in [2.75, 3.05) is 38.6 Å². The van der Waals surface area contributed by atoms with Crippen LogP contribution in [0, 0.1) is 0 Å². The largest absolute Gasteiger partial charge is 0.465 e. The third kappa shape index (κ3) is 5.22. The fourth-order valence-corrected chi connectivity index (χ4v) is 6.12. The number of hydrogen-bond acceptors (Lipinski definition) is 5. The number of nitrogens with one attached hydrogen (secondary N) is 1. The molecule has 31 heavy (non-hydrogen) atoms. The third-order valence-corrected chi connectivity index (χ3v) is 7.98. The predicted octanol–water partition coefficient (Wildman–Crippen LogP) is 4.97. The molecule has 0 unspecified atom stereocenters. The molecule has 0 saturated carbocycles. The number of anilines is 1. The topological polar surface area (TPSA) is 44.8 Å². The van der Waals surface area contributed by atoms with E-state index in [9.17, 15) is 4.79 Å². The molecule has 0 spiro atoms. The van der Waals surface area contributed by atoms with Crippen molar-refractivity contribution in [2.24, 2.45) is 0 Å². The molecule has 1 fully saturated rings. The molecule has 4 rings (SSSR count).